The number of aromatic nitrogens is 2. The third-order valence-corrected chi connectivity index (χ3v) is 8.15. The zero-order valence-electron chi connectivity index (χ0n) is 19.1. The van der Waals surface area contributed by atoms with E-state index >= 15 is 0 Å². The predicted octanol–water partition coefficient (Wildman–Crippen LogP) is 3.57. The van der Waals surface area contributed by atoms with E-state index in [4.69, 9.17) is 0 Å². The minimum absolute atomic E-state index is 0.121. The molecule has 3 aromatic rings. The first-order chi connectivity index (χ1) is 16.8. The first-order valence-electron chi connectivity index (χ1n) is 11.7. The van der Waals surface area contributed by atoms with Crippen LogP contribution in [0.15, 0.2) is 53.7 Å². The van der Waals surface area contributed by atoms with Gasteiger partial charge in [0.15, 0.2) is 5.65 Å². The Morgan fingerprint density at radius 1 is 1.11 bits per heavy atom. The molecule has 0 bridgehead atoms. The molecule has 2 aromatic heterocycles. The lowest BCUT2D eigenvalue weighted by Crippen LogP contribution is -2.44. The summed E-state index contributed by atoms with van der Waals surface area (Å²) in [5.41, 5.74) is 1.21. The van der Waals surface area contributed by atoms with E-state index < -0.39 is 16.1 Å². The van der Waals surface area contributed by atoms with Gasteiger partial charge in [0, 0.05) is 37.1 Å². The van der Waals surface area contributed by atoms with Gasteiger partial charge in [0.2, 0.25) is 5.91 Å². The van der Waals surface area contributed by atoms with Crippen LogP contribution in [0, 0.1) is 5.92 Å². The number of amides is 2. The lowest BCUT2D eigenvalue weighted by molar-refractivity contribution is -0.116. The van der Waals surface area contributed by atoms with Crippen LogP contribution < -0.4 is 10.6 Å². The summed E-state index contributed by atoms with van der Waals surface area (Å²) in [4.78, 5) is 30.0. The van der Waals surface area contributed by atoms with E-state index in [0.29, 0.717) is 42.1 Å². The second-order valence-corrected chi connectivity index (χ2v) is 10.9. The van der Waals surface area contributed by atoms with Gasteiger partial charge in [-0.15, -0.1) is 0 Å². The van der Waals surface area contributed by atoms with Gasteiger partial charge in [-0.1, -0.05) is 18.2 Å². The first-order valence-corrected chi connectivity index (χ1v) is 13.1. The summed E-state index contributed by atoms with van der Waals surface area (Å²) in [6.45, 7) is 0.758. The molecule has 5 rings (SSSR count). The van der Waals surface area contributed by atoms with Gasteiger partial charge in [0.25, 0.3) is 10.0 Å². The van der Waals surface area contributed by atoms with Crippen LogP contribution in [-0.2, 0) is 14.8 Å². The van der Waals surface area contributed by atoms with E-state index in [0.717, 1.165) is 23.2 Å². The van der Waals surface area contributed by atoms with Crippen LogP contribution in [0.4, 0.5) is 16.2 Å². The van der Waals surface area contributed by atoms with Crippen molar-refractivity contribution in [2.75, 3.05) is 23.7 Å². The standard InChI is InChI=1S/C24H27N5O5S/c30-21(13-16-8-9-16)27-20-14-25-23-19(22(20)26-17-5-4-11-28(15-17)24(31)32)10-12-29(23)35(33,34)18-6-2-1-3-7-18/h1-3,6-7,10,12,14,16-17H,4-5,8-9,11,13,15H2,(H,25,26)(H,27,30)(H,31,32). The van der Waals surface area contributed by atoms with Gasteiger partial charge in [-0.25, -0.2) is 22.2 Å². The number of carbonyl (C=O) groups excluding carboxylic acids is 1. The number of piperidine rings is 1. The molecule has 1 aromatic carbocycles. The van der Waals surface area contributed by atoms with Crippen LogP contribution in [0.2, 0.25) is 0 Å². The lowest BCUT2D eigenvalue weighted by Gasteiger charge is -2.32. The molecule has 1 aliphatic carbocycles. The van der Waals surface area contributed by atoms with Crippen molar-refractivity contribution < 1.29 is 23.1 Å². The Labute approximate surface area is 203 Å². The smallest absolute Gasteiger partial charge is 0.407 e. The molecule has 0 spiro atoms. The summed E-state index contributed by atoms with van der Waals surface area (Å²) in [7, 11) is -3.88. The molecule has 2 fully saturated rings. The largest absolute Gasteiger partial charge is 0.465 e. The summed E-state index contributed by atoms with van der Waals surface area (Å²) in [5, 5.41) is 16.3. The van der Waals surface area contributed by atoms with Gasteiger partial charge in [-0.3, -0.25) is 4.79 Å². The number of carboxylic acid groups (broad SMARTS) is 1. The second kappa shape index (κ2) is 9.21. The Balaban J connectivity index is 1.53. The van der Waals surface area contributed by atoms with Gasteiger partial charge in [0.1, 0.15) is 0 Å². The van der Waals surface area contributed by atoms with Crippen molar-refractivity contribution in [3.8, 4) is 0 Å². The Hall–Kier alpha value is -3.60. The number of rotatable bonds is 7. The number of benzene rings is 1. The van der Waals surface area contributed by atoms with Crippen LogP contribution in [0.1, 0.15) is 32.1 Å². The van der Waals surface area contributed by atoms with Crippen LogP contribution in [0.5, 0.6) is 0 Å². The van der Waals surface area contributed by atoms with Crippen LogP contribution in [0.25, 0.3) is 11.0 Å². The molecule has 10 nitrogen and oxygen atoms in total. The number of carbonyl (C=O) groups is 2. The average molecular weight is 498 g/mol. The second-order valence-electron chi connectivity index (χ2n) is 9.12. The molecule has 35 heavy (non-hydrogen) atoms. The van der Waals surface area contributed by atoms with Crippen molar-refractivity contribution in [2.45, 2.75) is 43.0 Å². The zero-order valence-corrected chi connectivity index (χ0v) is 19.9. The highest BCUT2D eigenvalue weighted by atomic mass is 32.2. The number of likely N-dealkylation sites (tertiary alicyclic amines) is 1. The van der Waals surface area contributed by atoms with E-state index in [-0.39, 0.29) is 29.0 Å². The highest BCUT2D eigenvalue weighted by molar-refractivity contribution is 7.90. The molecule has 1 saturated heterocycles. The van der Waals surface area contributed by atoms with Gasteiger partial charge >= 0.3 is 6.09 Å². The van der Waals surface area contributed by atoms with E-state index in [2.05, 4.69) is 15.6 Å². The number of nitrogens with zero attached hydrogens (tertiary/aromatic N) is 3. The monoisotopic (exact) mass is 497 g/mol. The molecule has 2 amide bonds. The molecular formula is C24H27N5O5S. The number of anilines is 2. The Kier molecular flexibility index (Phi) is 6.10. The molecule has 3 N–H and O–H groups in total. The number of hydrogen-bond acceptors (Lipinski definition) is 6. The predicted molar refractivity (Wildman–Crippen MR) is 131 cm³/mol. The molecule has 1 unspecified atom stereocenters. The minimum atomic E-state index is -3.88. The third-order valence-electron chi connectivity index (χ3n) is 6.47. The number of pyridine rings is 1. The summed E-state index contributed by atoms with van der Waals surface area (Å²) >= 11 is 0. The summed E-state index contributed by atoms with van der Waals surface area (Å²) in [6.07, 6.45) is 5.89. The van der Waals surface area contributed by atoms with Gasteiger partial charge < -0.3 is 20.6 Å². The first kappa shape index (κ1) is 23.2. The topological polar surface area (TPSA) is 134 Å². The molecule has 1 aliphatic heterocycles. The highest BCUT2D eigenvalue weighted by Crippen LogP contribution is 2.36. The van der Waals surface area contributed by atoms with E-state index in [1.54, 1.807) is 24.3 Å². The molecule has 3 heterocycles. The normalized spacial score (nSPS) is 18.4. The summed E-state index contributed by atoms with van der Waals surface area (Å²) in [6, 6.07) is 9.56. The molecular weight excluding hydrogens is 470 g/mol. The van der Waals surface area contributed by atoms with Crippen molar-refractivity contribution in [3.63, 3.8) is 0 Å². The quantitative estimate of drug-likeness (QED) is 0.454. The molecule has 184 valence electrons. The van der Waals surface area contributed by atoms with E-state index in [1.807, 2.05) is 0 Å². The maximum Gasteiger partial charge on any atom is 0.407 e. The fourth-order valence-corrected chi connectivity index (χ4v) is 5.79. The highest BCUT2D eigenvalue weighted by Gasteiger charge is 2.28. The van der Waals surface area contributed by atoms with Crippen molar-refractivity contribution in [1.29, 1.82) is 0 Å². The van der Waals surface area contributed by atoms with E-state index in [9.17, 15) is 23.1 Å². The Morgan fingerprint density at radius 3 is 2.60 bits per heavy atom. The molecule has 11 heteroatoms. The number of nitrogens with one attached hydrogen (secondary N) is 2. The number of hydrogen-bond donors (Lipinski definition) is 3. The zero-order chi connectivity index (χ0) is 24.6. The molecule has 1 atom stereocenters. The van der Waals surface area contributed by atoms with Gasteiger partial charge in [0.05, 0.1) is 22.5 Å². The minimum Gasteiger partial charge on any atom is -0.465 e. The SMILES string of the molecule is O=C(CC1CC1)Nc1cnc2c(ccn2S(=O)(=O)c2ccccc2)c1NC1CCCN(C(=O)O)C1. The van der Waals surface area contributed by atoms with Crippen LogP contribution in [0.3, 0.4) is 0 Å². The van der Waals surface area contributed by atoms with Crippen molar-refractivity contribution in [3.05, 3.63) is 48.8 Å². The molecule has 2 aliphatic rings. The molecule has 0 radical (unpaired) electrons. The van der Waals surface area contributed by atoms with Crippen molar-refractivity contribution in [1.82, 2.24) is 13.9 Å². The third kappa shape index (κ3) is 4.81. The maximum atomic E-state index is 13.3. The van der Waals surface area contributed by atoms with Crippen molar-refractivity contribution >= 4 is 44.4 Å². The summed E-state index contributed by atoms with van der Waals surface area (Å²) < 4.78 is 27.7. The van der Waals surface area contributed by atoms with Crippen molar-refractivity contribution in [2.24, 2.45) is 5.92 Å². The fraction of sp³-hybridized carbons (Fsp3) is 0.375. The number of fused-ring (bicyclic) bond motifs is 1. The lowest BCUT2D eigenvalue weighted by atomic mass is 10.1. The average Bonchev–Trinajstić information content (AvgIpc) is 3.54. The van der Waals surface area contributed by atoms with E-state index in [1.165, 1.54) is 29.4 Å². The molecule has 1 saturated carbocycles. The maximum absolute atomic E-state index is 13.3. The Bertz CT molecular complexity index is 1370. The fourth-order valence-electron chi connectivity index (χ4n) is 4.47. The summed E-state index contributed by atoms with van der Waals surface area (Å²) in [5.74, 6) is 0.284. The Morgan fingerprint density at radius 2 is 1.89 bits per heavy atom. The van der Waals surface area contributed by atoms with Gasteiger partial charge in [-0.05, 0) is 49.8 Å². The van der Waals surface area contributed by atoms with Crippen LogP contribution in [-0.4, -0.2) is 58.5 Å². The van der Waals surface area contributed by atoms with Crippen LogP contribution >= 0.6 is 0 Å². The van der Waals surface area contributed by atoms with Gasteiger partial charge in [-0.2, -0.15) is 0 Å².